The predicted octanol–water partition coefficient (Wildman–Crippen LogP) is 3.52. The number of hydrogen-bond acceptors (Lipinski definition) is 2. The summed E-state index contributed by atoms with van der Waals surface area (Å²) in [4.78, 5) is 1.95. The zero-order valence-corrected chi connectivity index (χ0v) is 9.25. The molecule has 0 spiro atoms. The Bertz CT molecular complexity index is 279. The van der Waals surface area contributed by atoms with Gasteiger partial charge in [0.1, 0.15) is 0 Å². The molecule has 1 aromatic carbocycles. The summed E-state index contributed by atoms with van der Waals surface area (Å²) in [6.45, 7) is 4.31. The van der Waals surface area contributed by atoms with Crippen molar-refractivity contribution >= 4 is 25.3 Å². The highest BCUT2D eigenvalue weighted by Gasteiger charge is 2.01. The molecule has 0 fully saturated rings. The van der Waals surface area contributed by atoms with Crippen LogP contribution in [0.25, 0.3) is 0 Å². The molecule has 0 N–H and O–H groups in total. The Balaban J connectivity index is 3.05. The standard InChI is InChI=1S/C10H14S2/c1-3-4-8-6-10(12)9(11)5-7(8)2/h5-6,11-12H,3-4H2,1-2H3. The van der Waals surface area contributed by atoms with E-state index in [-0.39, 0.29) is 0 Å². The van der Waals surface area contributed by atoms with Gasteiger partial charge in [-0.15, -0.1) is 25.3 Å². The fourth-order valence-electron chi connectivity index (χ4n) is 1.26. The third-order valence-corrected chi connectivity index (χ3v) is 2.87. The average molecular weight is 198 g/mol. The Morgan fingerprint density at radius 3 is 2.33 bits per heavy atom. The first-order chi connectivity index (χ1) is 5.65. The van der Waals surface area contributed by atoms with Gasteiger partial charge in [-0.3, -0.25) is 0 Å². The molecule has 0 radical (unpaired) electrons. The van der Waals surface area contributed by atoms with Crippen LogP contribution in [-0.4, -0.2) is 0 Å². The van der Waals surface area contributed by atoms with Gasteiger partial charge in [0, 0.05) is 9.79 Å². The maximum Gasteiger partial charge on any atom is 0.0177 e. The van der Waals surface area contributed by atoms with Crippen LogP contribution in [0.15, 0.2) is 21.9 Å². The molecule has 0 aliphatic heterocycles. The van der Waals surface area contributed by atoms with Crippen molar-refractivity contribution in [2.45, 2.75) is 36.5 Å². The molecular weight excluding hydrogens is 184 g/mol. The quantitative estimate of drug-likeness (QED) is 0.667. The summed E-state index contributed by atoms with van der Waals surface area (Å²) < 4.78 is 0. The molecule has 0 nitrogen and oxygen atoms in total. The summed E-state index contributed by atoms with van der Waals surface area (Å²) in [6.07, 6.45) is 2.31. The molecular formula is C10H14S2. The van der Waals surface area contributed by atoms with E-state index >= 15 is 0 Å². The lowest BCUT2D eigenvalue weighted by atomic mass is 10.0. The molecule has 0 atom stereocenters. The second-order valence-corrected chi connectivity index (χ2v) is 3.98. The molecule has 0 saturated heterocycles. The normalized spacial score (nSPS) is 10.3. The molecule has 0 bridgehead atoms. The maximum absolute atomic E-state index is 4.33. The van der Waals surface area contributed by atoms with E-state index in [4.69, 9.17) is 0 Å². The lowest BCUT2D eigenvalue weighted by Crippen LogP contribution is -1.89. The zero-order valence-electron chi connectivity index (χ0n) is 7.46. The smallest absolute Gasteiger partial charge is 0.0177 e. The largest absolute Gasteiger partial charge is 0.142 e. The molecule has 2 heteroatoms. The average Bonchev–Trinajstić information content (AvgIpc) is 2.01. The van der Waals surface area contributed by atoms with Gasteiger partial charge in [0.2, 0.25) is 0 Å². The van der Waals surface area contributed by atoms with Crippen molar-refractivity contribution in [2.24, 2.45) is 0 Å². The molecule has 0 heterocycles. The summed E-state index contributed by atoms with van der Waals surface area (Å²) >= 11 is 8.64. The number of rotatable bonds is 2. The molecule has 0 amide bonds. The zero-order chi connectivity index (χ0) is 9.14. The summed E-state index contributed by atoms with van der Waals surface area (Å²) in [6, 6.07) is 4.20. The first-order valence-electron chi connectivity index (χ1n) is 4.16. The van der Waals surface area contributed by atoms with Gasteiger partial charge in [-0.2, -0.15) is 0 Å². The van der Waals surface area contributed by atoms with Gasteiger partial charge < -0.3 is 0 Å². The van der Waals surface area contributed by atoms with E-state index in [2.05, 4.69) is 51.2 Å². The molecule has 0 unspecified atom stereocenters. The molecule has 66 valence electrons. The van der Waals surface area contributed by atoms with Gasteiger partial charge in [0.25, 0.3) is 0 Å². The van der Waals surface area contributed by atoms with Crippen molar-refractivity contribution in [1.29, 1.82) is 0 Å². The molecule has 1 rings (SSSR count). The van der Waals surface area contributed by atoms with Gasteiger partial charge in [-0.05, 0) is 36.6 Å². The molecule has 0 aliphatic rings. The minimum absolute atomic E-state index is 0.968. The Morgan fingerprint density at radius 1 is 1.17 bits per heavy atom. The summed E-state index contributed by atoms with van der Waals surface area (Å²) in [5.41, 5.74) is 2.71. The third kappa shape index (κ3) is 2.20. The lowest BCUT2D eigenvalue weighted by molar-refractivity contribution is 0.903. The number of aryl methyl sites for hydroxylation is 2. The fourth-order valence-corrected chi connectivity index (χ4v) is 1.74. The highest BCUT2D eigenvalue weighted by Crippen LogP contribution is 2.23. The number of benzene rings is 1. The van der Waals surface area contributed by atoms with Gasteiger partial charge in [-0.25, -0.2) is 0 Å². The van der Waals surface area contributed by atoms with Crippen LogP contribution in [0.5, 0.6) is 0 Å². The van der Waals surface area contributed by atoms with E-state index < -0.39 is 0 Å². The SMILES string of the molecule is CCCc1cc(S)c(S)cc1C. The Kier molecular flexibility index (Phi) is 3.53. The van der Waals surface area contributed by atoms with Crippen molar-refractivity contribution < 1.29 is 0 Å². The Morgan fingerprint density at radius 2 is 1.75 bits per heavy atom. The van der Waals surface area contributed by atoms with E-state index in [0.29, 0.717) is 0 Å². The minimum Gasteiger partial charge on any atom is -0.142 e. The van der Waals surface area contributed by atoms with Crippen LogP contribution in [0.3, 0.4) is 0 Å². The van der Waals surface area contributed by atoms with Crippen LogP contribution in [0.4, 0.5) is 0 Å². The maximum atomic E-state index is 4.33. The monoisotopic (exact) mass is 198 g/mol. The van der Waals surface area contributed by atoms with Gasteiger partial charge in [-0.1, -0.05) is 13.3 Å². The summed E-state index contributed by atoms with van der Waals surface area (Å²) in [5.74, 6) is 0. The summed E-state index contributed by atoms with van der Waals surface area (Å²) in [7, 11) is 0. The molecule has 0 aliphatic carbocycles. The van der Waals surface area contributed by atoms with Gasteiger partial charge in [0.15, 0.2) is 0 Å². The topological polar surface area (TPSA) is 0 Å². The van der Waals surface area contributed by atoms with E-state index in [1.807, 2.05) is 0 Å². The van der Waals surface area contributed by atoms with Gasteiger partial charge in [0.05, 0.1) is 0 Å². The Labute approximate surface area is 85.2 Å². The molecule has 1 aromatic rings. The van der Waals surface area contributed by atoms with E-state index in [9.17, 15) is 0 Å². The highest BCUT2D eigenvalue weighted by atomic mass is 32.1. The summed E-state index contributed by atoms with van der Waals surface area (Å²) in [5, 5.41) is 0. The second-order valence-electron chi connectivity index (χ2n) is 3.02. The third-order valence-electron chi connectivity index (χ3n) is 1.95. The molecule has 0 saturated carbocycles. The van der Waals surface area contributed by atoms with E-state index in [0.717, 1.165) is 16.2 Å². The Hall–Kier alpha value is -0.0800. The number of hydrogen-bond donors (Lipinski definition) is 2. The first-order valence-corrected chi connectivity index (χ1v) is 5.06. The van der Waals surface area contributed by atoms with Crippen molar-refractivity contribution in [3.63, 3.8) is 0 Å². The van der Waals surface area contributed by atoms with Crippen molar-refractivity contribution in [1.82, 2.24) is 0 Å². The van der Waals surface area contributed by atoms with E-state index in [1.54, 1.807) is 0 Å². The van der Waals surface area contributed by atoms with Crippen molar-refractivity contribution in [3.8, 4) is 0 Å². The highest BCUT2D eigenvalue weighted by molar-refractivity contribution is 7.83. The first kappa shape index (κ1) is 10.0. The van der Waals surface area contributed by atoms with Crippen LogP contribution in [-0.2, 0) is 6.42 Å². The van der Waals surface area contributed by atoms with Crippen LogP contribution >= 0.6 is 25.3 Å². The fraction of sp³-hybridized carbons (Fsp3) is 0.400. The van der Waals surface area contributed by atoms with Crippen LogP contribution in [0, 0.1) is 6.92 Å². The van der Waals surface area contributed by atoms with Crippen LogP contribution in [0.2, 0.25) is 0 Å². The lowest BCUT2D eigenvalue weighted by Gasteiger charge is -2.07. The van der Waals surface area contributed by atoms with Crippen molar-refractivity contribution in [2.75, 3.05) is 0 Å². The van der Waals surface area contributed by atoms with Crippen LogP contribution in [0.1, 0.15) is 24.5 Å². The number of thiol groups is 2. The van der Waals surface area contributed by atoms with Gasteiger partial charge >= 0.3 is 0 Å². The van der Waals surface area contributed by atoms with Crippen molar-refractivity contribution in [3.05, 3.63) is 23.3 Å². The predicted molar refractivity (Wildman–Crippen MR) is 59.7 cm³/mol. The molecule has 12 heavy (non-hydrogen) atoms. The van der Waals surface area contributed by atoms with E-state index in [1.165, 1.54) is 17.5 Å². The second kappa shape index (κ2) is 4.24. The minimum atomic E-state index is 0.968. The van der Waals surface area contributed by atoms with Crippen LogP contribution < -0.4 is 0 Å². The molecule has 0 aromatic heterocycles.